The average Bonchev–Trinajstić information content (AvgIpc) is 2.66. The molecule has 3 rings (SSSR count). The van der Waals surface area contributed by atoms with Crippen molar-refractivity contribution >= 4 is 0 Å². The minimum absolute atomic E-state index is 0.172. The van der Waals surface area contributed by atoms with Crippen molar-refractivity contribution < 1.29 is 28.1 Å². The number of para-hydroxylation sites is 1. The van der Waals surface area contributed by atoms with E-state index in [1.165, 1.54) is 12.1 Å². The van der Waals surface area contributed by atoms with Crippen LogP contribution in [0.15, 0.2) is 48.5 Å². The number of benzene rings is 2. The molecule has 0 radical (unpaired) electrons. The number of aliphatic hydroxyl groups is 2. The standard InChI is InChI=1S/C21H25F3N2O3/c1-14(27)12-25-13-19(28)26-11-10-15-6-2-3-7-16(15)20(26)17-8-4-5-9-18(17)29-21(22,23)24/h2-9,14,19-20,25,27-28H,10-13H2,1H3/t14-,19?,20?/m1/s1. The summed E-state index contributed by atoms with van der Waals surface area (Å²) in [6.07, 6.45) is -5.67. The maximum Gasteiger partial charge on any atom is 0.573 e. The van der Waals surface area contributed by atoms with Gasteiger partial charge >= 0.3 is 6.36 Å². The molecule has 1 aliphatic heterocycles. The highest BCUT2D eigenvalue weighted by Crippen LogP contribution is 2.41. The first-order valence-electron chi connectivity index (χ1n) is 9.51. The average molecular weight is 410 g/mol. The van der Waals surface area contributed by atoms with Gasteiger partial charge in [0.1, 0.15) is 12.0 Å². The molecular weight excluding hydrogens is 385 g/mol. The molecule has 2 unspecified atom stereocenters. The number of hydrogen-bond donors (Lipinski definition) is 3. The molecule has 0 bridgehead atoms. The predicted octanol–water partition coefficient (Wildman–Crippen LogP) is 2.82. The van der Waals surface area contributed by atoms with E-state index in [-0.39, 0.29) is 12.3 Å². The molecule has 3 N–H and O–H groups in total. The van der Waals surface area contributed by atoms with Gasteiger partial charge in [-0.05, 0) is 30.5 Å². The van der Waals surface area contributed by atoms with E-state index in [1.54, 1.807) is 24.0 Å². The first-order chi connectivity index (χ1) is 13.8. The monoisotopic (exact) mass is 410 g/mol. The highest BCUT2D eigenvalue weighted by atomic mass is 19.4. The van der Waals surface area contributed by atoms with Crippen molar-refractivity contribution in [1.29, 1.82) is 0 Å². The molecule has 0 saturated heterocycles. The smallest absolute Gasteiger partial charge is 0.405 e. The predicted molar refractivity (Wildman–Crippen MR) is 102 cm³/mol. The number of nitrogens with zero attached hydrogens (tertiary/aromatic N) is 1. The van der Waals surface area contributed by atoms with Gasteiger partial charge in [0.2, 0.25) is 0 Å². The lowest BCUT2D eigenvalue weighted by Crippen LogP contribution is -2.48. The summed E-state index contributed by atoms with van der Waals surface area (Å²) < 4.78 is 43.2. The topological polar surface area (TPSA) is 65.0 Å². The number of fused-ring (bicyclic) bond motifs is 1. The Hall–Kier alpha value is -2.13. The fourth-order valence-electron chi connectivity index (χ4n) is 3.72. The SMILES string of the molecule is C[C@@H](O)CNCC(O)N1CCc2ccccc2C1c1ccccc1OC(F)(F)F. The molecule has 3 atom stereocenters. The summed E-state index contributed by atoms with van der Waals surface area (Å²) in [6, 6.07) is 13.0. The van der Waals surface area contributed by atoms with Crippen molar-refractivity contribution in [2.45, 2.75) is 38.1 Å². The number of rotatable bonds is 7. The van der Waals surface area contributed by atoms with Gasteiger partial charge < -0.3 is 20.3 Å². The fourth-order valence-corrected chi connectivity index (χ4v) is 3.72. The molecule has 2 aromatic rings. The zero-order chi connectivity index (χ0) is 21.0. The second-order valence-electron chi connectivity index (χ2n) is 7.16. The van der Waals surface area contributed by atoms with E-state index in [1.807, 2.05) is 24.3 Å². The van der Waals surface area contributed by atoms with Gasteiger partial charge in [-0.1, -0.05) is 42.5 Å². The second-order valence-corrected chi connectivity index (χ2v) is 7.16. The molecule has 0 aromatic heterocycles. The van der Waals surface area contributed by atoms with E-state index in [0.717, 1.165) is 11.1 Å². The zero-order valence-electron chi connectivity index (χ0n) is 16.1. The van der Waals surface area contributed by atoms with Crippen molar-refractivity contribution in [3.8, 4) is 5.75 Å². The summed E-state index contributed by atoms with van der Waals surface area (Å²) in [6.45, 7) is 2.58. The molecule has 0 spiro atoms. The van der Waals surface area contributed by atoms with Gasteiger partial charge in [-0.3, -0.25) is 4.90 Å². The normalized spacial score (nSPS) is 19.4. The molecule has 158 valence electrons. The third kappa shape index (κ3) is 5.48. The van der Waals surface area contributed by atoms with Crippen LogP contribution in [0.2, 0.25) is 0 Å². The Morgan fingerprint density at radius 2 is 1.72 bits per heavy atom. The summed E-state index contributed by atoms with van der Waals surface area (Å²) in [7, 11) is 0. The van der Waals surface area contributed by atoms with Gasteiger partial charge in [0.25, 0.3) is 0 Å². The highest BCUT2D eigenvalue weighted by molar-refractivity contribution is 5.45. The quantitative estimate of drug-likeness (QED) is 0.655. The Labute approximate surface area is 167 Å². The van der Waals surface area contributed by atoms with Crippen LogP contribution in [0.5, 0.6) is 5.75 Å². The Morgan fingerprint density at radius 3 is 2.41 bits per heavy atom. The van der Waals surface area contributed by atoms with Crippen LogP contribution in [0.1, 0.15) is 29.7 Å². The molecule has 5 nitrogen and oxygen atoms in total. The van der Waals surface area contributed by atoms with Gasteiger partial charge in [0.05, 0.1) is 12.1 Å². The lowest BCUT2D eigenvalue weighted by molar-refractivity contribution is -0.275. The summed E-state index contributed by atoms with van der Waals surface area (Å²) in [5, 5.41) is 23.2. The van der Waals surface area contributed by atoms with Crippen LogP contribution in [0, 0.1) is 0 Å². The fraction of sp³-hybridized carbons (Fsp3) is 0.429. The van der Waals surface area contributed by atoms with Crippen molar-refractivity contribution in [2.75, 3.05) is 19.6 Å². The summed E-state index contributed by atoms with van der Waals surface area (Å²) in [5.41, 5.74) is 2.21. The number of alkyl halides is 3. The number of nitrogens with one attached hydrogen (secondary N) is 1. The van der Waals surface area contributed by atoms with Crippen molar-refractivity contribution in [2.24, 2.45) is 0 Å². The van der Waals surface area contributed by atoms with E-state index >= 15 is 0 Å². The summed E-state index contributed by atoms with van der Waals surface area (Å²) >= 11 is 0. The lowest BCUT2D eigenvalue weighted by atomic mass is 9.87. The number of aliphatic hydroxyl groups excluding tert-OH is 2. The van der Waals surface area contributed by atoms with Gasteiger partial charge in [-0.25, -0.2) is 0 Å². The van der Waals surface area contributed by atoms with Crippen LogP contribution in [0.4, 0.5) is 13.2 Å². The van der Waals surface area contributed by atoms with Gasteiger partial charge in [0, 0.05) is 25.2 Å². The number of halogens is 3. The molecule has 1 heterocycles. The van der Waals surface area contributed by atoms with Crippen LogP contribution < -0.4 is 10.1 Å². The first kappa shape index (κ1) is 21.6. The maximum absolute atomic E-state index is 13.0. The van der Waals surface area contributed by atoms with Crippen molar-refractivity contribution in [1.82, 2.24) is 10.2 Å². The van der Waals surface area contributed by atoms with E-state index in [2.05, 4.69) is 10.1 Å². The van der Waals surface area contributed by atoms with Crippen LogP contribution >= 0.6 is 0 Å². The van der Waals surface area contributed by atoms with Crippen LogP contribution in [-0.4, -0.2) is 53.4 Å². The molecule has 8 heteroatoms. The van der Waals surface area contributed by atoms with E-state index in [9.17, 15) is 23.4 Å². The largest absolute Gasteiger partial charge is 0.573 e. The van der Waals surface area contributed by atoms with Gasteiger partial charge in [0.15, 0.2) is 0 Å². The maximum atomic E-state index is 13.0. The zero-order valence-corrected chi connectivity index (χ0v) is 16.1. The van der Waals surface area contributed by atoms with Crippen molar-refractivity contribution in [3.63, 3.8) is 0 Å². The van der Waals surface area contributed by atoms with Crippen molar-refractivity contribution in [3.05, 3.63) is 65.2 Å². The number of ether oxygens (including phenoxy) is 1. The Bertz CT molecular complexity index is 814. The molecule has 0 aliphatic carbocycles. The van der Waals surface area contributed by atoms with E-state index in [4.69, 9.17) is 0 Å². The van der Waals surface area contributed by atoms with E-state index < -0.39 is 24.7 Å². The molecule has 1 aliphatic rings. The Balaban J connectivity index is 1.97. The third-order valence-corrected chi connectivity index (χ3v) is 4.91. The van der Waals surface area contributed by atoms with Gasteiger partial charge in [-0.2, -0.15) is 0 Å². The molecule has 29 heavy (non-hydrogen) atoms. The van der Waals surface area contributed by atoms with Crippen LogP contribution in [-0.2, 0) is 6.42 Å². The van der Waals surface area contributed by atoms with E-state index in [0.29, 0.717) is 25.1 Å². The molecule has 0 saturated carbocycles. The van der Waals surface area contributed by atoms with Gasteiger partial charge in [-0.15, -0.1) is 13.2 Å². The summed E-state index contributed by atoms with van der Waals surface area (Å²) in [4.78, 5) is 1.76. The highest BCUT2D eigenvalue weighted by Gasteiger charge is 2.37. The Kier molecular flexibility index (Phi) is 6.79. The van der Waals surface area contributed by atoms with Crippen LogP contribution in [0.25, 0.3) is 0 Å². The summed E-state index contributed by atoms with van der Waals surface area (Å²) in [5.74, 6) is -0.282. The third-order valence-electron chi connectivity index (χ3n) is 4.91. The minimum Gasteiger partial charge on any atom is -0.405 e. The Morgan fingerprint density at radius 1 is 1.07 bits per heavy atom. The lowest BCUT2D eigenvalue weighted by Gasteiger charge is -2.41. The minimum atomic E-state index is -4.81. The molecule has 0 fully saturated rings. The molecular formula is C21H25F3N2O3. The molecule has 2 aromatic carbocycles. The second kappa shape index (κ2) is 9.13. The van der Waals surface area contributed by atoms with Crippen LogP contribution in [0.3, 0.4) is 0 Å². The number of hydrogen-bond acceptors (Lipinski definition) is 5. The first-order valence-corrected chi connectivity index (χ1v) is 9.51. The molecule has 0 amide bonds.